The highest BCUT2D eigenvalue weighted by molar-refractivity contribution is 6.25. The molecule has 0 unspecified atom stereocenters. The first-order chi connectivity index (χ1) is 20.2. The first-order valence-corrected chi connectivity index (χ1v) is 14.3. The predicted molar refractivity (Wildman–Crippen MR) is 175 cm³/mol. The number of hydrogen-bond donors (Lipinski definition) is 0. The number of aromatic nitrogens is 2. The molecule has 0 atom stereocenters. The molecule has 8 rings (SSSR count). The molecule has 0 N–H and O–H groups in total. The number of fused-ring (bicyclic) bond motifs is 9. The van der Waals surface area contributed by atoms with E-state index in [1.165, 1.54) is 54.6 Å². The Morgan fingerprint density at radius 2 is 1.07 bits per heavy atom. The third kappa shape index (κ3) is 3.79. The van der Waals surface area contributed by atoms with E-state index in [0.717, 1.165) is 39.6 Å². The zero-order chi connectivity index (χ0) is 27.5. The maximum Gasteiger partial charge on any atom is 0.0974 e. The smallest absolute Gasteiger partial charge is 0.0974 e. The maximum absolute atomic E-state index is 5.06. The van der Waals surface area contributed by atoms with Crippen molar-refractivity contribution < 1.29 is 0 Å². The van der Waals surface area contributed by atoms with Gasteiger partial charge in [-0.1, -0.05) is 104 Å². The molecule has 2 heteroatoms. The van der Waals surface area contributed by atoms with Crippen LogP contribution in [0.3, 0.4) is 0 Å². The Bertz CT molecular complexity index is 2280. The van der Waals surface area contributed by atoms with Gasteiger partial charge in [0, 0.05) is 22.2 Å². The lowest BCUT2D eigenvalue weighted by molar-refractivity contribution is 1.06. The molecule has 0 saturated heterocycles. The zero-order valence-electron chi connectivity index (χ0n) is 23.1. The van der Waals surface area contributed by atoms with Crippen LogP contribution in [0.25, 0.3) is 76.4 Å². The molecule has 194 valence electrons. The standard InChI is InChI=1S/C39H28N2/c1-3-29-23-36(35-20-17-25-16-15-24(2)40-38(25)39(35)41-29)28-10-8-9-26(21-28)27-18-19-34-32-13-5-4-11-30(32)31-12-6-7-14-33(31)37(34)22-27/h4-23H,3H2,1-2H3. The summed E-state index contributed by atoms with van der Waals surface area (Å²) in [5, 5.41) is 10.0. The lowest BCUT2D eigenvalue weighted by atomic mass is 9.91. The molecule has 2 aromatic heterocycles. The van der Waals surface area contributed by atoms with E-state index in [9.17, 15) is 0 Å². The van der Waals surface area contributed by atoms with Crippen LogP contribution in [0.15, 0.2) is 121 Å². The van der Waals surface area contributed by atoms with Crippen molar-refractivity contribution in [2.24, 2.45) is 0 Å². The van der Waals surface area contributed by atoms with Gasteiger partial charge in [0.2, 0.25) is 0 Å². The van der Waals surface area contributed by atoms with Crippen molar-refractivity contribution in [1.82, 2.24) is 9.97 Å². The van der Waals surface area contributed by atoms with Gasteiger partial charge in [-0.25, -0.2) is 0 Å². The van der Waals surface area contributed by atoms with Crippen LogP contribution < -0.4 is 0 Å². The van der Waals surface area contributed by atoms with Gasteiger partial charge in [-0.05, 0) is 92.2 Å². The SMILES string of the molecule is CCc1cc(-c2cccc(-c3ccc4c5ccccc5c5ccccc5c4c3)c2)c2ccc3ccc(C)nc3c2n1. The number of rotatable bonds is 3. The second kappa shape index (κ2) is 9.25. The molecule has 0 radical (unpaired) electrons. The number of aryl methyl sites for hydroxylation is 2. The maximum atomic E-state index is 5.06. The van der Waals surface area contributed by atoms with Gasteiger partial charge >= 0.3 is 0 Å². The van der Waals surface area contributed by atoms with E-state index >= 15 is 0 Å². The summed E-state index contributed by atoms with van der Waals surface area (Å²) < 4.78 is 0. The lowest BCUT2D eigenvalue weighted by Crippen LogP contribution is -1.95. The van der Waals surface area contributed by atoms with Crippen LogP contribution in [0.1, 0.15) is 18.3 Å². The fourth-order valence-electron chi connectivity index (χ4n) is 6.40. The molecule has 2 heterocycles. The highest BCUT2D eigenvalue weighted by Gasteiger charge is 2.14. The van der Waals surface area contributed by atoms with Gasteiger partial charge in [-0.3, -0.25) is 9.97 Å². The summed E-state index contributed by atoms with van der Waals surface area (Å²) in [5.41, 5.74) is 8.87. The van der Waals surface area contributed by atoms with Gasteiger partial charge in [0.15, 0.2) is 0 Å². The summed E-state index contributed by atoms with van der Waals surface area (Å²) in [4.78, 5) is 9.95. The van der Waals surface area contributed by atoms with E-state index < -0.39 is 0 Å². The van der Waals surface area contributed by atoms with Crippen molar-refractivity contribution in [2.75, 3.05) is 0 Å². The van der Waals surface area contributed by atoms with E-state index in [1.807, 2.05) is 6.92 Å². The second-order valence-corrected chi connectivity index (χ2v) is 10.9. The largest absolute Gasteiger partial charge is 0.251 e. The van der Waals surface area contributed by atoms with Crippen LogP contribution in [-0.2, 0) is 6.42 Å². The van der Waals surface area contributed by atoms with Crippen molar-refractivity contribution in [3.8, 4) is 22.3 Å². The number of benzene rings is 6. The molecule has 0 spiro atoms. The predicted octanol–water partition coefficient (Wildman–Crippen LogP) is 10.4. The zero-order valence-corrected chi connectivity index (χ0v) is 23.1. The van der Waals surface area contributed by atoms with Crippen LogP contribution in [0, 0.1) is 6.92 Å². The topological polar surface area (TPSA) is 25.8 Å². The molecular weight excluding hydrogens is 496 g/mol. The van der Waals surface area contributed by atoms with Gasteiger partial charge in [0.25, 0.3) is 0 Å². The summed E-state index contributed by atoms with van der Waals surface area (Å²) in [7, 11) is 0. The molecule has 6 aromatic carbocycles. The molecule has 41 heavy (non-hydrogen) atoms. The number of nitrogens with zero attached hydrogens (tertiary/aromatic N) is 2. The van der Waals surface area contributed by atoms with Gasteiger partial charge in [-0.2, -0.15) is 0 Å². The summed E-state index contributed by atoms with van der Waals surface area (Å²) in [6.07, 6.45) is 0.872. The summed E-state index contributed by atoms with van der Waals surface area (Å²) >= 11 is 0. The van der Waals surface area contributed by atoms with Gasteiger partial charge in [-0.15, -0.1) is 0 Å². The molecule has 0 aliphatic rings. The Hall–Kier alpha value is -5.08. The van der Waals surface area contributed by atoms with E-state index in [1.54, 1.807) is 0 Å². The average Bonchev–Trinajstić information content (AvgIpc) is 3.04. The third-order valence-corrected chi connectivity index (χ3v) is 8.44. The molecule has 0 saturated carbocycles. The molecule has 0 aliphatic carbocycles. The Kier molecular flexibility index (Phi) is 5.36. The van der Waals surface area contributed by atoms with E-state index in [2.05, 4.69) is 128 Å². The quantitative estimate of drug-likeness (QED) is 0.215. The minimum atomic E-state index is 0.872. The molecule has 0 bridgehead atoms. The fourth-order valence-corrected chi connectivity index (χ4v) is 6.40. The molecular formula is C39H28N2. The molecule has 0 amide bonds. The van der Waals surface area contributed by atoms with Crippen molar-refractivity contribution in [1.29, 1.82) is 0 Å². The Balaban J connectivity index is 1.35. The highest BCUT2D eigenvalue weighted by Crippen LogP contribution is 2.38. The van der Waals surface area contributed by atoms with Crippen LogP contribution in [-0.4, -0.2) is 9.97 Å². The summed E-state index contributed by atoms with van der Waals surface area (Å²) in [6.45, 7) is 4.21. The Labute approximate surface area is 238 Å². The first-order valence-electron chi connectivity index (χ1n) is 14.3. The fraction of sp³-hybridized carbons (Fsp3) is 0.0769. The average molecular weight is 525 g/mol. The van der Waals surface area contributed by atoms with Crippen LogP contribution in [0.5, 0.6) is 0 Å². The highest BCUT2D eigenvalue weighted by atomic mass is 14.8. The molecule has 8 aromatic rings. The summed E-state index contributed by atoms with van der Waals surface area (Å²) in [5.74, 6) is 0. The number of hydrogen-bond acceptors (Lipinski definition) is 2. The lowest BCUT2D eigenvalue weighted by Gasteiger charge is -2.14. The van der Waals surface area contributed by atoms with Crippen molar-refractivity contribution in [3.05, 3.63) is 133 Å². The van der Waals surface area contributed by atoms with E-state index in [-0.39, 0.29) is 0 Å². The van der Waals surface area contributed by atoms with Crippen molar-refractivity contribution in [3.63, 3.8) is 0 Å². The van der Waals surface area contributed by atoms with E-state index in [0.29, 0.717) is 0 Å². The first kappa shape index (κ1) is 23.8. The normalized spacial score (nSPS) is 11.8. The third-order valence-electron chi connectivity index (χ3n) is 8.44. The van der Waals surface area contributed by atoms with E-state index in [4.69, 9.17) is 9.97 Å². The van der Waals surface area contributed by atoms with Crippen LogP contribution in [0.4, 0.5) is 0 Å². The van der Waals surface area contributed by atoms with Gasteiger partial charge in [0.1, 0.15) is 0 Å². The molecule has 2 nitrogen and oxygen atoms in total. The van der Waals surface area contributed by atoms with Crippen LogP contribution in [0.2, 0.25) is 0 Å². The number of pyridine rings is 2. The Morgan fingerprint density at radius 3 is 1.80 bits per heavy atom. The monoisotopic (exact) mass is 524 g/mol. The van der Waals surface area contributed by atoms with Crippen molar-refractivity contribution in [2.45, 2.75) is 20.3 Å². The van der Waals surface area contributed by atoms with Gasteiger partial charge < -0.3 is 0 Å². The minimum Gasteiger partial charge on any atom is -0.251 e. The minimum absolute atomic E-state index is 0.872. The van der Waals surface area contributed by atoms with Crippen LogP contribution >= 0.6 is 0 Å². The second-order valence-electron chi connectivity index (χ2n) is 10.9. The van der Waals surface area contributed by atoms with Gasteiger partial charge in [0.05, 0.1) is 11.0 Å². The molecule has 0 aliphatic heterocycles. The summed E-state index contributed by atoms with van der Waals surface area (Å²) in [6, 6.07) is 44.2. The molecule has 0 fully saturated rings. The van der Waals surface area contributed by atoms with Crippen molar-refractivity contribution >= 4 is 54.1 Å². The Morgan fingerprint density at radius 1 is 0.463 bits per heavy atom.